The van der Waals surface area contributed by atoms with Gasteiger partial charge in [0.15, 0.2) is 0 Å². The third-order valence-electron chi connectivity index (χ3n) is 3.93. The first kappa shape index (κ1) is 16.9. The summed E-state index contributed by atoms with van der Waals surface area (Å²) < 4.78 is 2.16. The van der Waals surface area contributed by atoms with Crippen LogP contribution in [0.25, 0.3) is 10.2 Å². The van der Waals surface area contributed by atoms with Crippen molar-refractivity contribution in [2.75, 3.05) is 18.9 Å². The van der Waals surface area contributed by atoms with Crippen LogP contribution in [0.15, 0.2) is 53.0 Å². The van der Waals surface area contributed by atoms with Crippen LogP contribution in [0.5, 0.6) is 0 Å². The van der Waals surface area contributed by atoms with Crippen molar-refractivity contribution in [3.8, 4) is 0 Å². The Morgan fingerprint density at radius 1 is 1.25 bits per heavy atom. The van der Waals surface area contributed by atoms with Crippen LogP contribution in [-0.2, 0) is 4.79 Å². The van der Waals surface area contributed by atoms with Gasteiger partial charge in [0, 0.05) is 17.2 Å². The molecule has 4 nitrogen and oxygen atoms in total. The van der Waals surface area contributed by atoms with Gasteiger partial charge in [0.25, 0.3) is 0 Å². The van der Waals surface area contributed by atoms with Crippen LogP contribution >= 0.6 is 27.3 Å². The normalized spacial score (nSPS) is 12.1. The van der Waals surface area contributed by atoms with E-state index in [1.807, 2.05) is 56.4 Å². The first-order chi connectivity index (χ1) is 11.5. The smallest absolute Gasteiger partial charge is 0.242 e. The Hall–Kier alpha value is -1.92. The first-order valence-corrected chi connectivity index (χ1v) is 9.26. The monoisotopic (exact) mass is 403 g/mol. The molecule has 0 bridgehead atoms. The highest BCUT2D eigenvalue weighted by Gasteiger charge is 2.20. The van der Waals surface area contributed by atoms with Crippen LogP contribution in [-0.4, -0.2) is 29.4 Å². The second-order valence-electron chi connectivity index (χ2n) is 5.56. The molecule has 0 spiro atoms. The molecule has 1 atom stereocenters. The Morgan fingerprint density at radius 3 is 2.67 bits per heavy atom. The van der Waals surface area contributed by atoms with Crippen LogP contribution in [0.1, 0.15) is 18.0 Å². The van der Waals surface area contributed by atoms with E-state index in [0.717, 1.165) is 25.4 Å². The number of benzene rings is 2. The fraction of sp³-hybridized carbons (Fsp3) is 0.222. The highest BCUT2D eigenvalue weighted by molar-refractivity contribution is 9.10. The van der Waals surface area contributed by atoms with Crippen molar-refractivity contribution >= 4 is 49.1 Å². The summed E-state index contributed by atoms with van der Waals surface area (Å²) in [5.41, 5.74) is 1.91. The van der Waals surface area contributed by atoms with Crippen molar-refractivity contribution in [1.82, 2.24) is 9.88 Å². The summed E-state index contributed by atoms with van der Waals surface area (Å²) >= 11 is 5.04. The van der Waals surface area contributed by atoms with Crippen LogP contribution < -0.4 is 5.32 Å². The molecule has 0 unspecified atom stereocenters. The lowest BCUT2D eigenvalue weighted by atomic mass is 10.3. The SMILES string of the molecule is C[C@H](c1nc2ccccc2s1)N(C)C(=O)CNc1ccc(Br)cc1. The van der Waals surface area contributed by atoms with Crippen LogP contribution in [0.4, 0.5) is 5.69 Å². The molecule has 1 heterocycles. The van der Waals surface area contributed by atoms with Crippen molar-refractivity contribution in [1.29, 1.82) is 0 Å². The fourth-order valence-corrected chi connectivity index (χ4v) is 3.65. The van der Waals surface area contributed by atoms with Gasteiger partial charge in [0.2, 0.25) is 5.91 Å². The van der Waals surface area contributed by atoms with E-state index < -0.39 is 0 Å². The number of halogens is 1. The van der Waals surface area contributed by atoms with Gasteiger partial charge >= 0.3 is 0 Å². The highest BCUT2D eigenvalue weighted by atomic mass is 79.9. The number of anilines is 1. The zero-order chi connectivity index (χ0) is 17.1. The molecule has 0 aliphatic heterocycles. The number of fused-ring (bicyclic) bond motifs is 1. The van der Waals surface area contributed by atoms with Gasteiger partial charge in [-0.1, -0.05) is 28.1 Å². The number of aromatic nitrogens is 1. The fourth-order valence-electron chi connectivity index (χ4n) is 2.32. The average Bonchev–Trinajstić information content (AvgIpc) is 3.03. The quantitative estimate of drug-likeness (QED) is 0.671. The molecule has 1 amide bonds. The summed E-state index contributed by atoms with van der Waals surface area (Å²) in [6, 6.07) is 15.8. The highest BCUT2D eigenvalue weighted by Crippen LogP contribution is 2.28. The Morgan fingerprint density at radius 2 is 1.96 bits per heavy atom. The van der Waals surface area contributed by atoms with Crippen LogP contribution in [0, 0.1) is 0 Å². The van der Waals surface area contributed by atoms with Gasteiger partial charge in [-0.15, -0.1) is 11.3 Å². The van der Waals surface area contributed by atoms with Crippen molar-refractivity contribution < 1.29 is 4.79 Å². The summed E-state index contributed by atoms with van der Waals surface area (Å²) in [4.78, 5) is 18.8. The number of nitrogens with zero attached hydrogens (tertiary/aromatic N) is 2. The van der Waals surface area contributed by atoms with Crippen molar-refractivity contribution in [2.24, 2.45) is 0 Å². The van der Waals surface area contributed by atoms with Crippen molar-refractivity contribution in [3.63, 3.8) is 0 Å². The predicted molar refractivity (Wildman–Crippen MR) is 103 cm³/mol. The molecule has 0 saturated carbocycles. The topological polar surface area (TPSA) is 45.2 Å². The molecular weight excluding hydrogens is 386 g/mol. The predicted octanol–water partition coefficient (Wildman–Crippen LogP) is 4.69. The van der Waals surface area contributed by atoms with E-state index in [1.165, 1.54) is 0 Å². The Labute approximate surface area is 153 Å². The number of thiazole rings is 1. The van der Waals surface area contributed by atoms with E-state index in [1.54, 1.807) is 16.2 Å². The van der Waals surface area contributed by atoms with Gasteiger partial charge in [-0.25, -0.2) is 4.98 Å². The van der Waals surface area contributed by atoms with E-state index >= 15 is 0 Å². The summed E-state index contributed by atoms with van der Waals surface area (Å²) in [5, 5.41) is 4.11. The lowest BCUT2D eigenvalue weighted by Gasteiger charge is -2.23. The van der Waals surface area contributed by atoms with Gasteiger partial charge < -0.3 is 10.2 Å². The van der Waals surface area contributed by atoms with E-state index in [4.69, 9.17) is 0 Å². The zero-order valence-electron chi connectivity index (χ0n) is 13.5. The molecule has 3 rings (SSSR count). The second-order valence-corrected chi connectivity index (χ2v) is 7.54. The minimum absolute atomic E-state index is 0.0321. The van der Waals surface area contributed by atoms with E-state index in [-0.39, 0.29) is 18.5 Å². The number of carbonyl (C=O) groups is 1. The van der Waals surface area contributed by atoms with Crippen molar-refractivity contribution in [2.45, 2.75) is 13.0 Å². The third-order valence-corrected chi connectivity index (χ3v) is 5.67. The number of nitrogens with one attached hydrogen (secondary N) is 1. The molecule has 0 aliphatic rings. The minimum Gasteiger partial charge on any atom is -0.376 e. The molecule has 2 aromatic carbocycles. The van der Waals surface area contributed by atoms with E-state index in [2.05, 4.69) is 32.3 Å². The van der Waals surface area contributed by atoms with E-state index in [0.29, 0.717) is 0 Å². The molecule has 1 N–H and O–H groups in total. The summed E-state index contributed by atoms with van der Waals surface area (Å²) in [5.74, 6) is 0.0321. The molecular formula is C18H18BrN3OS. The second kappa shape index (κ2) is 7.32. The number of para-hydroxylation sites is 1. The molecule has 24 heavy (non-hydrogen) atoms. The largest absolute Gasteiger partial charge is 0.376 e. The van der Waals surface area contributed by atoms with Gasteiger partial charge in [0.1, 0.15) is 5.01 Å². The molecule has 124 valence electrons. The molecule has 3 aromatic rings. The van der Waals surface area contributed by atoms with Gasteiger partial charge in [-0.05, 0) is 43.3 Å². The van der Waals surface area contributed by atoms with Crippen LogP contribution in [0.2, 0.25) is 0 Å². The average molecular weight is 404 g/mol. The number of rotatable bonds is 5. The lowest BCUT2D eigenvalue weighted by Crippen LogP contribution is -2.34. The Kier molecular flexibility index (Phi) is 5.16. The summed E-state index contributed by atoms with van der Waals surface area (Å²) in [6.07, 6.45) is 0. The Bertz CT molecular complexity index is 814. The van der Waals surface area contributed by atoms with Crippen molar-refractivity contribution in [3.05, 3.63) is 58.0 Å². The summed E-state index contributed by atoms with van der Waals surface area (Å²) in [7, 11) is 1.82. The van der Waals surface area contributed by atoms with Gasteiger partial charge in [-0.2, -0.15) is 0 Å². The molecule has 0 fully saturated rings. The first-order valence-electron chi connectivity index (χ1n) is 7.65. The maximum Gasteiger partial charge on any atom is 0.242 e. The standard InChI is InChI=1S/C18H18BrN3OS/c1-12(18-21-15-5-3-4-6-16(15)24-18)22(2)17(23)11-20-14-9-7-13(19)8-10-14/h3-10,12,20H,11H2,1-2H3/t12-/m1/s1. The molecule has 0 saturated heterocycles. The maximum absolute atomic E-state index is 12.4. The lowest BCUT2D eigenvalue weighted by molar-refractivity contribution is -0.129. The minimum atomic E-state index is -0.0541. The van der Waals surface area contributed by atoms with Gasteiger partial charge in [-0.3, -0.25) is 4.79 Å². The number of hydrogen-bond donors (Lipinski definition) is 1. The summed E-state index contributed by atoms with van der Waals surface area (Å²) in [6.45, 7) is 2.27. The Balaban J connectivity index is 1.64. The third kappa shape index (κ3) is 3.76. The molecule has 0 radical (unpaired) electrons. The molecule has 6 heteroatoms. The number of carbonyl (C=O) groups excluding carboxylic acids is 1. The van der Waals surface area contributed by atoms with E-state index in [9.17, 15) is 4.79 Å². The maximum atomic E-state index is 12.4. The van der Waals surface area contributed by atoms with Crippen LogP contribution in [0.3, 0.4) is 0 Å². The van der Waals surface area contributed by atoms with Gasteiger partial charge in [0.05, 0.1) is 22.8 Å². The molecule has 1 aromatic heterocycles. The number of amides is 1. The molecule has 0 aliphatic carbocycles. The number of likely N-dealkylation sites (N-methyl/N-ethyl adjacent to an activating group) is 1. The number of hydrogen-bond acceptors (Lipinski definition) is 4. The zero-order valence-corrected chi connectivity index (χ0v) is 15.9.